The van der Waals surface area contributed by atoms with Crippen molar-refractivity contribution in [3.63, 3.8) is 0 Å². The van der Waals surface area contributed by atoms with Crippen LogP contribution in [-0.2, 0) is 10.9 Å². The molecule has 0 saturated heterocycles. The van der Waals surface area contributed by atoms with Gasteiger partial charge < -0.3 is 4.74 Å². The Labute approximate surface area is 122 Å². The van der Waals surface area contributed by atoms with Gasteiger partial charge >= 0.3 is 12.1 Å². The lowest BCUT2D eigenvalue weighted by Gasteiger charge is -2.11. The number of aromatic nitrogens is 3. The summed E-state index contributed by atoms with van der Waals surface area (Å²) >= 11 is 0. The van der Waals surface area contributed by atoms with Gasteiger partial charge in [-0.15, -0.1) is 0 Å². The van der Waals surface area contributed by atoms with Gasteiger partial charge in [0.15, 0.2) is 11.4 Å². The van der Waals surface area contributed by atoms with Gasteiger partial charge in [-0.3, -0.25) is 4.40 Å². The number of esters is 1. The average molecular weight is 309 g/mol. The predicted molar refractivity (Wildman–Crippen MR) is 71.5 cm³/mol. The van der Waals surface area contributed by atoms with Crippen molar-refractivity contribution in [2.45, 2.75) is 13.1 Å². The first-order valence-electron chi connectivity index (χ1n) is 6.43. The summed E-state index contributed by atoms with van der Waals surface area (Å²) in [6, 6.07) is 6.32. The summed E-state index contributed by atoms with van der Waals surface area (Å²) in [6.45, 7) is 1.61. The number of para-hydroxylation sites is 2. The normalized spacial score (nSPS) is 12.0. The molecule has 3 aromatic rings. The molecular formula is C14H10F3N3O2. The Morgan fingerprint density at radius 2 is 2.05 bits per heavy atom. The summed E-state index contributed by atoms with van der Waals surface area (Å²) in [5.74, 6) is -0.910. The van der Waals surface area contributed by atoms with Gasteiger partial charge in [0, 0.05) is 0 Å². The van der Waals surface area contributed by atoms with Crippen molar-refractivity contribution in [3.8, 4) is 0 Å². The van der Waals surface area contributed by atoms with Crippen molar-refractivity contribution in [1.29, 1.82) is 0 Å². The van der Waals surface area contributed by atoms with Gasteiger partial charge in [0.25, 0.3) is 0 Å². The maximum Gasteiger partial charge on any atom is 0.435 e. The van der Waals surface area contributed by atoms with E-state index >= 15 is 0 Å². The Kier molecular flexibility index (Phi) is 3.23. The first kappa shape index (κ1) is 14.3. The SMILES string of the molecule is CCOC(=O)c1ncn2c1c(C(F)(F)F)nc1ccccc12. The maximum atomic E-state index is 13.3. The summed E-state index contributed by atoms with van der Waals surface area (Å²) in [5, 5.41) is 0. The van der Waals surface area contributed by atoms with E-state index in [2.05, 4.69) is 9.97 Å². The molecule has 5 nitrogen and oxygen atoms in total. The predicted octanol–water partition coefficient (Wildman–Crippen LogP) is 3.08. The van der Waals surface area contributed by atoms with Crippen molar-refractivity contribution >= 4 is 22.5 Å². The number of benzene rings is 1. The zero-order valence-electron chi connectivity index (χ0n) is 11.4. The first-order chi connectivity index (χ1) is 10.4. The van der Waals surface area contributed by atoms with Crippen LogP contribution in [0.25, 0.3) is 16.6 Å². The average Bonchev–Trinajstić information content (AvgIpc) is 2.90. The quantitative estimate of drug-likeness (QED) is 0.683. The number of carbonyl (C=O) groups is 1. The summed E-state index contributed by atoms with van der Waals surface area (Å²) in [6.07, 6.45) is -3.55. The minimum Gasteiger partial charge on any atom is -0.461 e. The molecule has 2 heterocycles. The third kappa shape index (κ3) is 2.16. The summed E-state index contributed by atoms with van der Waals surface area (Å²) in [4.78, 5) is 19.3. The van der Waals surface area contributed by atoms with Gasteiger partial charge in [-0.05, 0) is 19.1 Å². The molecular weight excluding hydrogens is 299 g/mol. The summed E-state index contributed by atoms with van der Waals surface area (Å²) < 4.78 is 45.9. The second kappa shape index (κ2) is 4.97. The zero-order chi connectivity index (χ0) is 15.9. The second-order valence-electron chi connectivity index (χ2n) is 4.48. The second-order valence-corrected chi connectivity index (χ2v) is 4.48. The van der Waals surface area contributed by atoms with Crippen LogP contribution in [-0.4, -0.2) is 26.9 Å². The van der Waals surface area contributed by atoms with Crippen LogP contribution in [0.1, 0.15) is 23.1 Å². The highest BCUT2D eigenvalue weighted by Gasteiger charge is 2.38. The first-order valence-corrected chi connectivity index (χ1v) is 6.43. The van der Waals surface area contributed by atoms with Gasteiger partial charge in [-0.1, -0.05) is 12.1 Å². The van der Waals surface area contributed by atoms with Crippen molar-refractivity contribution < 1.29 is 22.7 Å². The molecule has 0 radical (unpaired) electrons. The molecule has 0 bridgehead atoms. The molecule has 0 aliphatic carbocycles. The minimum absolute atomic E-state index is 0.0419. The maximum absolute atomic E-state index is 13.3. The smallest absolute Gasteiger partial charge is 0.435 e. The molecule has 8 heteroatoms. The number of fused-ring (bicyclic) bond motifs is 3. The number of hydrogen-bond acceptors (Lipinski definition) is 4. The van der Waals surface area contributed by atoms with E-state index in [0.717, 1.165) is 0 Å². The Morgan fingerprint density at radius 1 is 1.32 bits per heavy atom. The molecule has 0 aliphatic rings. The monoisotopic (exact) mass is 309 g/mol. The summed E-state index contributed by atoms with van der Waals surface area (Å²) in [5.41, 5.74) is -1.37. The lowest BCUT2D eigenvalue weighted by Crippen LogP contribution is -2.14. The fourth-order valence-corrected chi connectivity index (χ4v) is 2.24. The third-order valence-electron chi connectivity index (χ3n) is 3.10. The van der Waals surface area contributed by atoms with E-state index in [-0.39, 0.29) is 12.1 Å². The largest absolute Gasteiger partial charge is 0.461 e. The number of ether oxygens (including phenoxy) is 1. The summed E-state index contributed by atoms with van der Waals surface area (Å²) in [7, 11) is 0. The number of nitrogens with zero attached hydrogens (tertiary/aromatic N) is 3. The van der Waals surface area contributed by atoms with Gasteiger partial charge in [0.1, 0.15) is 11.8 Å². The molecule has 114 valence electrons. The molecule has 22 heavy (non-hydrogen) atoms. The Hall–Kier alpha value is -2.64. The van der Waals surface area contributed by atoms with E-state index in [1.54, 1.807) is 25.1 Å². The fourth-order valence-electron chi connectivity index (χ4n) is 2.24. The van der Waals surface area contributed by atoms with Crippen LogP contribution in [0.4, 0.5) is 13.2 Å². The highest BCUT2D eigenvalue weighted by molar-refractivity contribution is 5.97. The fraction of sp³-hybridized carbons (Fsp3) is 0.214. The standard InChI is InChI=1S/C14H10F3N3O2/c1-2-22-13(21)10-11-12(14(15,16)17)19-8-5-3-4-6-9(8)20(11)7-18-10/h3-7H,2H2,1H3. The van der Waals surface area contributed by atoms with Gasteiger partial charge in [-0.2, -0.15) is 13.2 Å². The van der Waals surface area contributed by atoms with E-state index in [0.29, 0.717) is 5.52 Å². The van der Waals surface area contributed by atoms with Crippen LogP contribution >= 0.6 is 0 Å². The van der Waals surface area contributed by atoms with Crippen LogP contribution in [0.3, 0.4) is 0 Å². The Balaban J connectivity index is 2.42. The Bertz CT molecular complexity index is 871. The minimum atomic E-state index is -4.72. The number of carbonyl (C=O) groups excluding carboxylic acids is 1. The van der Waals surface area contributed by atoms with Crippen molar-refractivity contribution in [2.75, 3.05) is 6.61 Å². The Morgan fingerprint density at radius 3 is 2.73 bits per heavy atom. The molecule has 2 aromatic heterocycles. The molecule has 3 rings (SSSR count). The topological polar surface area (TPSA) is 56.5 Å². The van der Waals surface area contributed by atoms with Crippen LogP contribution in [0, 0.1) is 0 Å². The molecule has 0 fully saturated rings. The van der Waals surface area contributed by atoms with Gasteiger partial charge in [0.2, 0.25) is 0 Å². The lowest BCUT2D eigenvalue weighted by atomic mass is 10.2. The molecule has 0 aliphatic heterocycles. The zero-order valence-corrected chi connectivity index (χ0v) is 11.4. The van der Waals surface area contributed by atoms with Crippen molar-refractivity contribution in [2.24, 2.45) is 0 Å². The van der Waals surface area contributed by atoms with E-state index in [4.69, 9.17) is 4.74 Å². The number of rotatable bonds is 2. The number of alkyl halides is 3. The number of halogens is 3. The third-order valence-corrected chi connectivity index (χ3v) is 3.10. The van der Waals surface area contributed by atoms with Crippen LogP contribution in [0.5, 0.6) is 0 Å². The van der Waals surface area contributed by atoms with Crippen molar-refractivity contribution in [3.05, 3.63) is 42.0 Å². The molecule has 0 atom stereocenters. The van der Waals surface area contributed by atoms with E-state index < -0.39 is 29.1 Å². The molecule has 0 N–H and O–H groups in total. The van der Waals surface area contributed by atoms with E-state index in [9.17, 15) is 18.0 Å². The van der Waals surface area contributed by atoms with Gasteiger partial charge in [-0.25, -0.2) is 14.8 Å². The highest BCUT2D eigenvalue weighted by Crippen LogP contribution is 2.34. The number of imidazole rings is 1. The lowest BCUT2D eigenvalue weighted by molar-refractivity contribution is -0.139. The molecule has 0 spiro atoms. The number of hydrogen-bond donors (Lipinski definition) is 0. The molecule has 0 amide bonds. The van der Waals surface area contributed by atoms with Crippen LogP contribution in [0.15, 0.2) is 30.6 Å². The molecule has 1 aromatic carbocycles. The van der Waals surface area contributed by atoms with E-state index in [1.807, 2.05) is 0 Å². The van der Waals surface area contributed by atoms with Crippen molar-refractivity contribution in [1.82, 2.24) is 14.4 Å². The highest BCUT2D eigenvalue weighted by atomic mass is 19.4. The van der Waals surface area contributed by atoms with E-state index in [1.165, 1.54) is 16.8 Å². The van der Waals surface area contributed by atoms with Crippen LogP contribution < -0.4 is 0 Å². The molecule has 0 unspecified atom stereocenters. The van der Waals surface area contributed by atoms with Crippen LogP contribution in [0.2, 0.25) is 0 Å². The van der Waals surface area contributed by atoms with Gasteiger partial charge in [0.05, 0.1) is 17.6 Å². The molecule has 0 saturated carbocycles.